The fourth-order valence-electron chi connectivity index (χ4n) is 3.14. The van der Waals surface area contributed by atoms with E-state index in [-0.39, 0.29) is 36.3 Å². The van der Waals surface area contributed by atoms with Crippen molar-refractivity contribution in [2.45, 2.75) is 6.54 Å². The zero-order valence-corrected chi connectivity index (χ0v) is 19.3. The summed E-state index contributed by atoms with van der Waals surface area (Å²) in [5.74, 6) is -0.757. The Labute approximate surface area is 206 Å². The van der Waals surface area contributed by atoms with Crippen LogP contribution in [0.15, 0.2) is 84.0 Å². The van der Waals surface area contributed by atoms with Crippen molar-refractivity contribution in [1.29, 1.82) is 0 Å². The molecule has 0 radical (unpaired) electrons. The van der Waals surface area contributed by atoms with Crippen LogP contribution in [0.5, 0.6) is 11.6 Å². The predicted octanol–water partition coefficient (Wildman–Crippen LogP) is 3.50. The number of ether oxygens (including phenoxy) is 2. The molecule has 0 spiro atoms. The SMILES string of the molecule is COc1ccc(C(=O)COc2c(C(=O)NCc3ccccc3)nnn2/N=C/c2ccc(F)cc2)cc1. The maximum absolute atomic E-state index is 13.2. The number of methoxy groups -OCH3 is 1. The second-order valence-electron chi connectivity index (χ2n) is 7.54. The molecule has 0 fully saturated rings. The fraction of sp³-hybridized carbons (Fsp3) is 0.115. The Balaban J connectivity index is 1.54. The summed E-state index contributed by atoms with van der Waals surface area (Å²) in [5.41, 5.74) is 1.75. The molecule has 0 atom stereocenters. The smallest absolute Gasteiger partial charge is 0.277 e. The van der Waals surface area contributed by atoms with Gasteiger partial charge in [-0.2, -0.15) is 5.10 Å². The van der Waals surface area contributed by atoms with Crippen molar-refractivity contribution in [3.05, 3.63) is 107 Å². The molecule has 0 aliphatic rings. The number of carbonyl (C=O) groups is 2. The standard InChI is InChI=1S/C26H22FN5O4/c1-35-22-13-9-20(10-14-22)23(33)17-36-26-24(25(34)28-15-18-5-3-2-4-6-18)30-31-32(26)29-16-19-7-11-21(27)12-8-19/h2-14,16H,15,17H2,1H3,(H,28,34)/b29-16+. The van der Waals surface area contributed by atoms with Crippen molar-refractivity contribution >= 4 is 17.9 Å². The zero-order valence-electron chi connectivity index (χ0n) is 19.3. The Bertz CT molecular complexity index is 1350. The number of nitrogens with one attached hydrogen (secondary N) is 1. The van der Waals surface area contributed by atoms with Crippen molar-refractivity contribution in [2.75, 3.05) is 13.7 Å². The van der Waals surface area contributed by atoms with E-state index in [9.17, 15) is 14.0 Å². The van der Waals surface area contributed by atoms with Gasteiger partial charge in [0.2, 0.25) is 5.69 Å². The molecule has 1 amide bonds. The van der Waals surface area contributed by atoms with E-state index in [1.54, 1.807) is 24.3 Å². The summed E-state index contributed by atoms with van der Waals surface area (Å²) in [4.78, 5) is 26.5. The van der Waals surface area contributed by atoms with Crippen LogP contribution in [0.2, 0.25) is 0 Å². The minimum absolute atomic E-state index is 0.110. The molecule has 4 aromatic rings. The van der Waals surface area contributed by atoms with Gasteiger partial charge in [0, 0.05) is 12.1 Å². The molecule has 3 aromatic carbocycles. The zero-order chi connectivity index (χ0) is 25.3. The van der Waals surface area contributed by atoms with Gasteiger partial charge in [0.25, 0.3) is 11.8 Å². The van der Waals surface area contributed by atoms with Crippen LogP contribution in [0.1, 0.15) is 32.0 Å². The van der Waals surface area contributed by atoms with Gasteiger partial charge in [0.15, 0.2) is 12.4 Å². The summed E-state index contributed by atoms with van der Waals surface area (Å²) in [6, 6.07) is 21.5. The van der Waals surface area contributed by atoms with Crippen LogP contribution in [0.25, 0.3) is 0 Å². The molecular formula is C26H22FN5O4. The summed E-state index contributed by atoms with van der Waals surface area (Å²) in [6.07, 6.45) is 1.40. The lowest BCUT2D eigenvalue weighted by Gasteiger charge is -2.08. The van der Waals surface area contributed by atoms with Crippen LogP contribution in [-0.2, 0) is 6.54 Å². The first kappa shape index (κ1) is 24.3. The average molecular weight is 487 g/mol. The highest BCUT2D eigenvalue weighted by Crippen LogP contribution is 2.18. The topological polar surface area (TPSA) is 108 Å². The lowest BCUT2D eigenvalue weighted by molar-refractivity contribution is 0.0895. The highest BCUT2D eigenvalue weighted by atomic mass is 19.1. The first-order valence-corrected chi connectivity index (χ1v) is 10.9. The first-order valence-electron chi connectivity index (χ1n) is 10.9. The van der Waals surface area contributed by atoms with Gasteiger partial charge in [0.05, 0.1) is 13.3 Å². The van der Waals surface area contributed by atoms with Crippen molar-refractivity contribution < 1.29 is 23.5 Å². The third-order valence-corrected chi connectivity index (χ3v) is 5.06. The summed E-state index contributed by atoms with van der Waals surface area (Å²) >= 11 is 0. The lowest BCUT2D eigenvalue weighted by Crippen LogP contribution is -2.24. The van der Waals surface area contributed by atoms with E-state index in [0.29, 0.717) is 16.9 Å². The van der Waals surface area contributed by atoms with Gasteiger partial charge >= 0.3 is 0 Å². The minimum atomic E-state index is -0.547. The van der Waals surface area contributed by atoms with Crippen LogP contribution < -0.4 is 14.8 Å². The van der Waals surface area contributed by atoms with Crippen molar-refractivity contribution in [3.63, 3.8) is 0 Å². The number of hydrogen-bond acceptors (Lipinski definition) is 7. The highest BCUT2D eigenvalue weighted by Gasteiger charge is 2.22. The van der Waals surface area contributed by atoms with Gasteiger partial charge in [-0.3, -0.25) is 9.59 Å². The van der Waals surface area contributed by atoms with Gasteiger partial charge in [-0.1, -0.05) is 47.3 Å². The van der Waals surface area contributed by atoms with Crippen LogP contribution in [-0.4, -0.2) is 46.7 Å². The molecule has 0 saturated heterocycles. The van der Waals surface area contributed by atoms with Gasteiger partial charge in [0.1, 0.15) is 11.6 Å². The Kier molecular flexibility index (Phi) is 7.76. The minimum Gasteiger partial charge on any atom is -0.497 e. The Morgan fingerprint density at radius 2 is 1.75 bits per heavy atom. The van der Waals surface area contributed by atoms with E-state index < -0.39 is 5.91 Å². The van der Waals surface area contributed by atoms with Crippen molar-refractivity contribution in [3.8, 4) is 11.6 Å². The molecule has 4 rings (SSSR count). The summed E-state index contributed by atoms with van der Waals surface area (Å²) in [6.45, 7) is -0.125. The van der Waals surface area contributed by atoms with E-state index >= 15 is 0 Å². The third kappa shape index (κ3) is 6.17. The maximum atomic E-state index is 13.2. The average Bonchev–Trinajstić information content (AvgIpc) is 3.33. The number of halogens is 1. The first-order chi connectivity index (χ1) is 17.5. The monoisotopic (exact) mass is 487 g/mol. The van der Waals surface area contributed by atoms with Crippen LogP contribution in [0.4, 0.5) is 4.39 Å². The molecule has 0 unspecified atom stereocenters. The number of ketones is 1. The second kappa shape index (κ2) is 11.5. The number of benzene rings is 3. The molecule has 0 aliphatic carbocycles. The van der Waals surface area contributed by atoms with Crippen molar-refractivity contribution in [2.24, 2.45) is 5.10 Å². The molecular weight excluding hydrogens is 465 g/mol. The highest BCUT2D eigenvalue weighted by molar-refractivity contribution is 5.98. The Morgan fingerprint density at radius 1 is 1.03 bits per heavy atom. The number of carbonyl (C=O) groups excluding carboxylic acids is 2. The number of aromatic nitrogens is 3. The molecule has 0 aliphatic heterocycles. The molecule has 1 aromatic heterocycles. The molecule has 1 heterocycles. The van der Waals surface area contributed by atoms with Gasteiger partial charge in [-0.05, 0) is 52.7 Å². The molecule has 182 valence electrons. The number of amides is 1. The Hall–Kier alpha value is -4.86. The fourth-order valence-corrected chi connectivity index (χ4v) is 3.14. The lowest BCUT2D eigenvalue weighted by atomic mass is 10.1. The normalized spacial score (nSPS) is 10.8. The van der Waals surface area contributed by atoms with Gasteiger partial charge in [-0.15, -0.1) is 5.10 Å². The summed E-state index contributed by atoms with van der Waals surface area (Å²) < 4.78 is 24.0. The molecule has 0 bridgehead atoms. The second-order valence-corrected chi connectivity index (χ2v) is 7.54. The van der Waals surface area contributed by atoms with Gasteiger partial charge < -0.3 is 14.8 Å². The molecule has 9 nitrogen and oxygen atoms in total. The summed E-state index contributed by atoms with van der Waals surface area (Å²) in [7, 11) is 1.53. The third-order valence-electron chi connectivity index (χ3n) is 5.06. The van der Waals surface area contributed by atoms with E-state index in [1.165, 1.54) is 37.6 Å². The quantitative estimate of drug-likeness (QED) is 0.271. The molecule has 36 heavy (non-hydrogen) atoms. The number of Topliss-reactive ketones (excluding diaryl/α,β-unsaturated/α-hetero) is 1. The van der Waals surface area contributed by atoms with Crippen LogP contribution in [0, 0.1) is 5.82 Å². The van der Waals surface area contributed by atoms with E-state index in [1.807, 2.05) is 30.3 Å². The molecule has 10 heteroatoms. The molecule has 1 N–H and O–H groups in total. The van der Waals surface area contributed by atoms with E-state index in [4.69, 9.17) is 9.47 Å². The predicted molar refractivity (Wildman–Crippen MR) is 130 cm³/mol. The van der Waals surface area contributed by atoms with Gasteiger partial charge in [-0.25, -0.2) is 4.39 Å². The van der Waals surface area contributed by atoms with Crippen molar-refractivity contribution in [1.82, 2.24) is 20.4 Å². The number of hydrogen-bond donors (Lipinski definition) is 1. The summed E-state index contributed by atoms with van der Waals surface area (Å²) in [5, 5.41) is 14.7. The Morgan fingerprint density at radius 3 is 2.44 bits per heavy atom. The largest absolute Gasteiger partial charge is 0.497 e. The van der Waals surface area contributed by atoms with E-state index in [2.05, 4.69) is 20.7 Å². The maximum Gasteiger partial charge on any atom is 0.277 e. The van der Waals surface area contributed by atoms with Crippen LogP contribution in [0.3, 0.4) is 0 Å². The van der Waals surface area contributed by atoms with Crippen LogP contribution >= 0.6 is 0 Å². The van der Waals surface area contributed by atoms with E-state index in [0.717, 1.165) is 10.4 Å². The number of nitrogens with zero attached hydrogens (tertiary/aromatic N) is 4. The number of rotatable bonds is 10. The molecule has 0 saturated carbocycles.